The Labute approximate surface area is 110 Å². The SMILES string of the molecule is CCN(Cc1cccs1)c1ccncc1C(=O)O. The molecule has 0 aliphatic heterocycles. The molecule has 0 aliphatic rings. The number of anilines is 1. The molecule has 0 amide bonds. The number of carboxylic acids is 1. The van der Waals surface area contributed by atoms with E-state index in [0.29, 0.717) is 5.69 Å². The van der Waals surface area contributed by atoms with Crippen LogP contribution < -0.4 is 4.90 Å². The Morgan fingerprint density at radius 2 is 2.33 bits per heavy atom. The largest absolute Gasteiger partial charge is 0.478 e. The summed E-state index contributed by atoms with van der Waals surface area (Å²) in [6.07, 6.45) is 3.02. The molecule has 0 bridgehead atoms. The molecule has 0 atom stereocenters. The summed E-state index contributed by atoms with van der Waals surface area (Å²) in [7, 11) is 0. The third-order valence-electron chi connectivity index (χ3n) is 2.68. The summed E-state index contributed by atoms with van der Waals surface area (Å²) in [5.41, 5.74) is 0.962. The molecule has 1 N–H and O–H groups in total. The fourth-order valence-corrected chi connectivity index (χ4v) is 2.51. The number of pyridine rings is 1. The minimum Gasteiger partial charge on any atom is -0.478 e. The van der Waals surface area contributed by atoms with Crippen molar-refractivity contribution >= 4 is 23.0 Å². The summed E-state index contributed by atoms with van der Waals surface area (Å²) in [6.45, 7) is 3.49. The number of carboxylic acid groups (broad SMARTS) is 1. The van der Waals surface area contributed by atoms with Crippen LogP contribution in [0.2, 0.25) is 0 Å². The molecule has 2 aromatic heterocycles. The number of rotatable bonds is 5. The van der Waals surface area contributed by atoms with Gasteiger partial charge in [-0.15, -0.1) is 11.3 Å². The van der Waals surface area contributed by atoms with Crippen LogP contribution in [0.25, 0.3) is 0 Å². The smallest absolute Gasteiger partial charge is 0.339 e. The number of hydrogen-bond donors (Lipinski definition) is 1. The highest BCUT2D eigenvalue weighted by atomic mass is 32.1. The molecule has 0 radical (unpaired) electrons. The monoisotopic (exact) mass is 262 g/mol. The van der Waals surface area contributed by atoms with Gasteiger partial charge in [0.1, 0.15) is 5.56 Å². The van der Waals surface area contributed by atoms with Crippen molar-refractivity contribution in [1.82, 2.24) is 4.98 Å². The molecule has 0 fully saturated rings. The van der Waals surface area contributed by atoms with Gasteiger partial charge in [0.25, 0.3) is 0 Å². The van der Waals surface area contributed by atoms with Gasteiger partial charge in [0, 0.05) is 23.8 Å². The average molecular weight is 262 g/mol. The summed E-state index contributed by atoms with van der Waals surface area (Å²) in [6, 6.07) is 5.80. The molecule has 0 spiro atoms. The molecule has 5 heteroatoms. The van der Waals surface area contributed by atoms with Crippen molar-refractivity contribution < 1.29 is 9.90 Å². The van der Waals surface area contributed by atoms with Gasteiger partial charge in [-0.3, -0.25) is 4.98 Å². The Morgan fingerprint density at radius 1 is 1.50 bits per heavy atom. The van der Waals surface area contributed by atoms with Crippen molar-refractivity contribution in [3.05, 3.63) is 46.4 Å². The van der Waals surface area contributed by atoms with Gasteiger partial charge in [-0.05, 0) is 24.4 Å². The van der Waals surface area contributed by atoms with Gasteiger partial charge in [-0.2, -0.15) is 0 Å². The summed E-state index contributed by atoms with van der Waals surface area (Å²) in [5.74, 6) is -0.942. The van der Waals surface area contributed by atoms with Crippen molar-refractivity contribution in [2.24, 2.45) is 0 Å². The van der Waals surface area contributed by atoms with Gasteiger partial charge in [-0.1, -0.05) is 6.07 Å². The second-order valence-corrected chi connectivity index (χ2v) is 4.82. The normalized spacial score (nSPS) is 10.3. The molecule has 2 heterocycles. The lowest BCUT2D eigenvalue weighted by molar-refractivity contribution is 0.0697. The summed E-state index contributed by atoms with van der Waals surface area (Å²) < 4.78 is 0. The van der Waals surface area contributed by atoms with Crippen molar-refractivity contribution in [3.8, 4) is 0 Å². The lowest BCUT2D eigenvalue weighted by Gasteiger charge is -2.23. The number of nitrogens with zero attached hydrogens (tertiary/aromatic N) is 2. The first-order valence-electron chi connectivity index (χ1n) is 5.67. The molecule has 94 valence electrons. The molecule has 2 aromatic rings. The predicted octanol–water partition coefficient (Wildman–Crippen LogP) is 2.87. The quantitative estimate of drug-likeness (QED) is 0.900. The Hall–Kier alpha value is -1.88. The topological polar surface area (TPSA) is 53.4 Å². The Balaban J connectivity index is 2.30. The minimum absolute atomic E-state index is 0.246. The molecule has 18 heavy (non-hydrogen) atoms. The van der Waals surface area contributed by atoms with Crippen LogP contribution >= 0.6 is 11.3 Å². The maximum absolute atomic E-state index is 11.2. The number of thiophene rings is 1. The van der Waals surface area contributed by atoms with E-state index in [1.807, 2.05) is 23.3 Å². The van der Waals surface area contributed by atoms with Crippen molar-refractivity contribution in [1.29, 1.82) is 0 Å². The maximum Gasteiger partial charge on any atom is 0.339 e. The van der Waals surface area contributed by atoms with Crippen molar-refractivity contribution in [2.75, 3.05) is 11.4 Å². The zero-order valence-corrected chi connectivity index (χ0v) is 10.9. The van der Waals surface area contributed by atoms with Gasteiger partial charge < -0.3 is 10.0 Å². The lowest BCUT2D eigenvalue weighted by Crippen LogP contribution is -2.23. The molecule has 0 aromatic carbocycles. The van der Waals surface area contributed by atoms with Crippen molar-refractivity contribution in [2.45, 2.75) is 13.5 Å². The maximum atomic E-state index is 11.2. The fraction of sp³-hybridized carbons (Fsp3) is 0.231. The minimum atomic E-state index is -0.942. The molecule has 0 saturated heterocycles. The van der Waals surface area contributed by atoms with Crippen LogP contribution in [0.1, 0.15) is 22.2 Å². The average Bonchev–Trinajstić information content (AvgIpc) is 2.88. The number of aromatic carboxylic acids is 1. The first-order chi connectivity index (χ1) is 8.72. The van der Waals surface area contributed by atoms with E-state index in [1.165, 1.54) is 11.1 Å². The van der Waals surface area contributed by atoms with Crippen LogP contribution in [-0.4, -0.2) is 22.6 Å². The standard InChI is InChI=1S/C13H14N2O2S/c1-2-15(9-10-4-3-7-18-10)12-5-6-14-8-11(12)13(16)17/h3-8H,2,9H2,1H3,(H,16,17). The predicted molar refractivity (Wildman–Crippen MR) is 72.2 cm³/mol. The molecular formula is C13H14N2O2S. The Morgan fingerprint density at radius 3 is 2.94 bits per heavy atom. The molecule has 0 unspecified atom stereocenters. The Bertz CT molecular complexity index is 526. The summed E-state index contributed by atoms with van der Waals surface area (Å²) in [4.78, 5) is 18.3. The molecule has 0 aliphatic carbocycles. The zero-order chi connectivity index (χ0) is 13.0. The highest BCUT2D eigenvalue weighted by molar-refractivity contribution is 7.09. The first-order valence-corrected chi connectivity index (χ1v) is 6.55. The zero-order valence-electron chi connectivity index (χ0n) is 10.0. The second kappa shape index (κ2) is 5.64. The highest BCUT2D eigenvalue weighted by Gasteiger charge is 2.15. The summed E-state index contributed by atoms with van der Waals surface area (Å²) >= 11 is 1.67. The second-order valence-electron chi connectivity index (χ2n) is 3.79. The van der Waals surface area contributed by atoms with E-state index in [4.69, 9.17) is 0 Å². The highest BCUT2D eigenvalue weighted by Crippen LogP contribution is 2.22. The number of carbonyl (C=O) groups is 1. The third-order valence-corrected chi connectivity index (χ3v) is 3.54. The Kier molecular flexibility index (Phi) is 3.94. The third kappa shape index (κ3) is 2.68. The van der Waals surface area contributed by atoms with E-state index in [1.54, 1.807) is 23.6 Å². The molecule has 2 rings (SSSR count). The van der Waals surface area contributed by atoms with Gasteiger partial charge in [0.2, 0.25) is 0 Å². The lowest BCUT2D eigenvalue weighted by atomic mass is 10.2. The van der Waals surface area contributed by atoms with Crippen molar-refractivity contribution in [3.63, 3.8) is 0 Å². The first kappa shape index (κ1) is 12.6. The molecule has 4 nitrogen and oxygen atoms in total. The van der Waals surface area contributed by atoms with E-state index < -0.39 is 5.97 Å². The molecule has 0 saturated carbocycles. The molecular weight excluding hydrogens is 248 g/mol. The van der Waals surface area contributed by atoms with Crippen LogP contribution in [0.3, 0.4) is 0 Å². The fourth-order valence-electron chi connectivity index (χ4n) is 1.79. The van der Waals surface area contributed by atoms with Gasteiger partial charge in [0.05, 0.1) is 12.2 Å². The van der Waals surface area contributed by atoms with Crippen LogP contribution in [0.4, 0.5) is 5.69 Å². The van der Waals surface area contributed by atoms with Crippen LogP contribution in [0.15, 0.2) is 36.0 Å². The van der Waals surface area contributed by atoms with Gasteiger partial charge in [0.15, 0.2) is 0 Å². The van der Waals surface area contributed by atoms with E-state index >= 15 is 0 Å². The number of hydrogen-bond acceptors (Lipinski definition) is 4. The van der Waals surface area contributed by atoms with Gasteiger partial charge in [-0.25, -0.2) is 4.79 Å². The van der Waals surface area contributed by atoms with Gasteiger partial charge >= 0.3 is 5.97 Å². The van der Waals surface area contributed by atoms with E-state index in [9.17, 15) is 9.90 Å². The van der Waals surface area contributed by atoms with Crippen LogP contribution in [0, 0.1) is 0 Å². The van der Waals surface area contributed by atoms with E-state index in [0.717, 1.165) is 13.1 Å². The van der Waals surface area contributed by atoms with E-state index in [-0.39, 0.29) is 5.56 Å². The summed E-state index contributed by atoms with van der Waals surface area (Å²) in [5, 5.41) is 11.2. The number of aromatic nitrogens is 1. The van der Waals surface area contributed by atoms with Crippen LogP contribution in [-0.2, 0) is 6.54 Å². The van der Waals surface area contributed by atoms with Crippen LogP contribution in [0.5, 0.6) is 0 Å². The van der Waals surface area contributed by atoms with E-state index in [2.05, 4.69) is 11.1 Å².